The Balaban J connectivity index is 2.22. The van der Waals surface area contributed by atoms with Crippen molar-refractivity contribution in [1.29, 1.82) is 0 Å². The molecule has 0 aromatic heterocycles. The third kappa shape index (κ3) is 3.34. The van der Waals surface area contributed by atoms with E-state index in [1.165, 1.54) is 22.9 Å². The van der Waals surface area contributed by atoms with Crippen LogP contribution < -0.4 is 5.73 Å². The number of hydrogen-bond acceptors (Lipinski definition) is 2. The quantitative estimate of drug-likeness (QED) is 0.870. The van der Waals surface area contributed by atoms with Gasteiger partial charge in [-0.05, 0) is 30.4 Å². The zero-order chi connectivity index (χ0) is 13.1. The zero-order valence-corrected chi connectivity index (χ0v) is 12.9. The maximum atomic E-state index is 6.05. The molecule has 0 amide bonds. The van der Waals surface area contributed by atoms with E-state index < -0.39 is 0 Å². The van der Waals surface area contributed by atoms with Gasteiger partial charge in [0.1, 0.15) is 0 Å². The Kier molecular flexibility index (Phi) is 4.82. The van der Waals surface area contributed by atoms with E-state index in [2.05, 4.69) is 58.9 Å². The van der Waals surface area contributed by atoms with Gasteiger partial charge < -0.3 is 5.73 Å². The minimum absolute atomic E-state index is 0.343. The van der Waals surface area contributed by atoms with Crippen molar-refractivity contribution < 1.29 is 0 Å². The SMILES string of the molecule is CC(C)CN(C1CC1)C(CN)c1ccccc1Br. The Bertz CT molecular complexity index is 388. The highest BCUT2D eigenvalue weighted by atomic mass is 79.9. The summed E-state index contributed by atoms with van der Waals surface area (Å²) in [6, 6.07) is 9.55. The molecule has 0 saturated heterocycles. The van der Waals surface area contributed by atoms with Crippen LogP contribution in [0.25, 0.3) is 0 Å². The van der Waals surface area contributed by atoms with Crippen LogP contribution in [0.1, 0.15) is 38.3 Å². The van der Waals surface area contributed by atoms with E-state index in [-0.39, 0.29) is 0 Å². The highest BCUT2D eigenvalue weighted by Crippen LogP contribution is 2.36. The molecule has 0 heterocycles. The molecule has 1 atom stereocenters. The minimum atomic E-state index is 0.343. The molecular weight excluding hydrogens is 288 g/mol. The highest BCUT2D eigenvalue weighted by molar-refractivity contribution is 9.10. The number of hydrogen-bond donors (Lipinski definition) is 1. The third-order valence-electron chi connectivity index (χ3n) is 3.48. The van der Waals surface area contributed by atoms with Gasteiger partial charge in [-0.2, -0.15) is 0 Å². The Labute approximate surface area is 119 Å². The summed E-state index contributed by atoms with van der Waals surface area (Å²) in [5.74, 6) is 0.683. The molecule has 100 valence electrons. The lowest BCUT2D eigenvalue weighted by atomic mass is 10.0. The van der Waals surface area contributed by atoms with Gasteiger partial charge in [-0.3, -0.25) is 4.90 Å². The maximum Gasteiger partial charge on any atom is 0.0484 e. The first-order chi connectivity index (χ1) is 8.63. The number of rotatable bonds is 6. The molecule has 2 nitrogen and oxygen atoms in total. The van der Waals surface area contributed by atoms with Crippen molar-refractivity contribution in [3.63, 3.8) is 0 Å². The van der Waals surface area contributed by atoms with E-state index in [0.717, 1.165) is 12.6 Å². The summed E-state index contributed by atoms with van der Waals surface area (Å²) in [7, 11) is 0. The van der Waals surface area contributed by atoms with Crippen molar-refractivity contribution >= 4 is 15.9 Å². The summed E-state index contributed by atoms with van der Waals surface area (Å²) in [6.45, 7) is 6.38. The number of nitrogens with two attached hydrogens (primary N) is 1. The molecule has 1 aliphatic rings. The number of nitrogens with zero attached hydrogens (tertiary/aromatic N) is 1. The fraction of sp³-hybridized carbons (Fsp3) is 0.600. The van der Waals surface area contributed by atoms with E-state index >= 15 is 0 Å². The van der Waals surface area contributed by atoms with Crippen LogP contribution in [0.5, 0.6) is 0 Å². The van der Waals surface area contributed by atoms with Crippen molar-refractivity contribution in [2.75, 3.05) is 13.1 Å². The standard InChI is InChI=1S/C15H23BrN2/c1-11(2)10-18(12-7-8-12)15(9-17)13-5-3-4-6-14(13)16/h3-6,11-12,15H,7-10,17H2,1-2H3. The van der Waals surface area contributed by atoms with Gasteiger partial charge >= 0.3 is 0 Å². The van der Waals surface area contributed by atoms with Crippen LogP contribution in [0.3, 0.4) is 0 Å². The van der Waals surface area contributed by atoms with Crippen LogP contribution >= 0.6 is 15.9 Å². The van der Waals surface area contributed by atoms with Crippen LogP contribution in [0.15, 0.2) is 28.7 Å². The van der Waals surface area contributed by atoms with Gasteiger partial charge in [0.05, 0.1) is 0 Å². The molecule has 1 unspecified atom stereocenters. The summed E-state index contributed by atoms with van der Waals surface area (Å²) in [4.78, 5) is 2.60. The van der Waals surface area contributed by atoms with Gasteiger partial charge in [0.2, 0.25) is 0 Å². The Morgan fingerprint density at radius 1 is 1.33 bits per heavy atom. The molecule has 2 N–H and O–H groups in total. The molecular formula is C15H23BrN2. The molecule has 1 aliphatic carbocycles. The first-order valence-electron chi connectivity index (χ1n) is 6.83. The van der Waals surface area contributed by atoms with E-state index in [0.29, 0.717) is 18.5 Å². The molecule has 1 saturated carbocycles. The van der Waals surface area contributed by atoms with Crippen molar-refractivity contribution in [3.8, 4) is 0 Å². The Hall–Kier alpha value is -0.380. The van der Waals surface area contributed by atoms with Crippen molar-refractivity contribution in [2.45, 2.75) is 38.8 Å². The molecule has 0 spiro atoms. The summed E-state index contributed by atoms with van der Waals surface area (Å²) >= 11 is 3.66. The zero-order valence-electron chi connectivity index (χ0n) is 11.3. The van der Waals surface area contributed by atoms with Gasteiger partial charge in [-0.15, -0.1) is 0 Å². The van der Waals surface area contributed by atoms with Crippen LogP contribution in [-0.2, 0) is 0 Å². The van der Waals surface area contributed by atoms with Gasteiger partial charge in [0, 0.05) is 29.6 Å². The topological polar surface area (TPSA) is 29.3 Å². The first kappa shape index (κ1) is 14.0. The normalized spacial score (nSPS) is 17.4. The fourth-order valence-corrected chi connectivity index (χ4v) is 3.09. The Morgan fingerprint density at radius 3 is 2.50 bits per heavy atom. The van der Waals surface area contributed by atoms with Crippen LogP contribution in [0.2, 0.25) is 0 Å². The number of benzene rings is 1. The second-order valence-corrected chi connectivity index (χ2v) is 6.45. The van der Waals surface area contributed by atoms with Crippen molar-refractivity contribution in [2.24, 2.45) is 11.7 Å². The Morgan fingerprint density at radius 2 is 2.00 bits per heavy atom. The van der Waals surface area contributed by atoms with Gasteiger partial charge in [-0.25, -0.2) is 0 Å². The van der Waals surface area contributed by atoms with Crippen LogP contribution in [0, 0.1) is 5.92 Å². The van der Waals surface area contributed by atoms with Crippen molar-refractivity contribution in [3.05, 3.63) is 34.3 Å². The molecule has 3 heteroatoms. The maximum absolute atomic E-state index is 6.05. The van der Waals surface area contributed by atoms with Crippen molar-refractivity contribution in [1.82, 2.24) is 4.90 Å². The average Bonchev–Trinajstić information content (AvgIpc) is 3.14. The molecule has 0 aliphatic heterocycles. The first-order valence-corrected chi connectivity index (χ1v) is 7.63. The summed E-state index contributed by atoms with van der Waals surface area (Å²) in [6.07, 6.45) is 2.65. The largest absolute Gasteiger partial charge is 0.329 e. The second kappa shape index (κ2) is 6.18. The minimum Gasteiger partial charge on any atom is -0.329 e. The lowest BCUT2D eigenvalue weighted by Crippen LogP contribution is -2.38. The third-order valence-corrected chi connectivity index (χ3v) is 4.20. The summed E-state index contributed by atoms with van der Waals surface area (Å²) < 4.78 is 1.18. The van der Waals surface area contributed by atoms with E-state index in [1.807, 2.05) is 0 Å². The molecule has 0 radical (unpaired) electrons. The molecule has 1 fully saturated rings. The molecule has 18 heavy (non-hydrogen) atoms. The molecule has 1 aromatic rings. The molecule has 2 rings (SSSR count). The van der Waals surface area contributed by atoms with Gasteiger partial charge in [-0.1, -0.05) is 48.0 Å². The smallest absolute Gasteiger partial charge is 0.0484 e. The number of halogens is 1. The van der Waals surface area contributed by atoms with E-state index in [9.17, 15) is 0 Å². The average molecular weight is 311 g/mol. The predicted molar refractivity (Wildman–Crippen MR) is 80.5 cm³/mol. The highest BCUT2D eigenvalue weighted by Gasteiger charge is 2.34. The van der Waals surface area contributed by atoms with Crippen LogP contribution in [0.4, 0.5) is 0 Å². The monoisotopic (exact) mass is 310 g/mol. The van der Waals surface area contributed by atoms with Gasteiger partial charge in [0.15, 0.2) is 0 Å². The predicted octanol–water partition coefficient (Wildman–Crippen LogP) is 3.57. The van der Waals surface area contributed by atoms with E-state index in [1.54, 1.807) is 0 Å². The lowest BCUT2D eigenvalue weighted by Gasteiger charge is -2.33. The summed E-state index contributed by atoms with van der Waals surface area (Å²) in [5.41, 5.74) is 7.38. The van der Waals surface area contributed by atoms with Crippen LogP contribution in [-0.4, -0.2) is 24.0 Å². The summed E-state index contributed by atoms with van der Waals surface area (Å²) in [5, 5.41) is 0. The van der Waals surface area contributed by atoms with Gasteiger partial charge in [0.25, 0.3) is 0 Å². The fourth-order valence-electron chi connectivity index (χ4n) is 2.54. The molecule has 0 bridgehead atoms. The second-order valence-electron chi connectivity index (χ2n) is 5.59. The molecule has 1 aromatic carbocycles. The lowest BCUT2D eigenvalue weighted by molar-refractivity contribution is 0.169. The van der Waals surface area contributed by atoms with E-state index in [4.69, 9.17) is 5.73 Å².